The van der Waals surface area contributed by atoms with Gasteiger partial charge in [-0.15, -0.1) is 0 Å². The Labute approximate surface area is 108 Å². The van der Waals surface area contributed by atoms with Crippen LogP contribution in [-0.4, -0.2) is 21.1 Å². The molecule has 98 valence electrons. The number of aromatic hydroxyl groups is 2. The number of carbonyl (C=O) groups is 1. The second kappa shape index (κ2) is 4.85. The zero-order valence-corrected chi connectivity index (χ0v) is 10.1. The molecule has 0 radical (unpaired) electrons. The molecule has 0 aliphatic rings. The van der Waals surface area contributed by atoms with Gasteiger partial charge >= 0.3 is 0 Å². The third-order valence-electron chi connectivity index (χ3n) is 2.49. The summed E-state index contributed by atoms with van der Waals surface area (Å²) in [5.41, 5.74) is 0.521. The Bertz CT molecular complexity index is 691. The maximum Gasteiger partial charge on any atom is 0.256 e. The van der Waals surface area contributed by atoms with Crippen LogP contribution in [0.4, 0.5) is 5.69 Å². The van der Waals surface area contributed by atoms with Crippen LogP contribution in [-0.2, 0) is 0 Å². The fourth-order valence-corrected chi connectivity index (χ4v) is 1.60. The van der Waals surface area contributed by atoms with Gasteiger partial charge in [-0.1, -0.05) is 6.07 Å². The molecule has 0 bridgehead atoms. The van der Waals surface area contributed by atoms with Crippen molar-refractivity contribution in [2.24, 2.45) is 0 Å². The molecule has 0 saturated carbocycles. The van der Waals surface area contributed by atoms with Gasteiger partial charge in [-0.05, 0) is 24.6 Å². The predicted octanol–water partition coefficient (Wildman–Crippen LogP) is 1.35. The van der Waals surface area contributed by atoms with E-state index in [4.69, 9.17) is 0 Å². The number of carbonyl (C=O) groups excluding carboxylic acids is 1. The number of anilines is 1. The van der Waals surface area contributed by atoms with Gasteiger partial charge in [-0.3, -0.25) is 14.6 Å². The number of aromatic nitrogens is 1. The van der Waals surface area contributed by atoms with E-state index in [-0.39, 0.29) is 17.0 Å². The van der Waals surface area contributed by atoms with Gasteiger partial charge in [0.2, 0.25) is 0 Å². The van der Waals surface area contributed by atoms with E-state index in [0.717, 1.165) is 17.7 Å². The van der Waals surface area contributed by atoms with Gasteiger partial charge in [0.15, 0.2) is 5.88 Å². The van der Waals surface area contributed by atoms with Gasteiger partial charge in [0, 0.05) is 12.1 Å². The Morgan fingerprint density at radius 2 is 1.95 bits per heavy atom. The van der Waals surface area contributed by atoms with E-state index in [1.807, 2.05) is 6.92 Å². The number of aromatic amines is 1. The number of hydrogen-bond acceptors (Lipinski definition) is 4. The van der Waals surface area contributed by atoms with Crippen LogP contribution < -0.4 is 10.9 Å². The number of phenolic OH excluding ortho intramolecular Hbond substituents is 1. The number of H-pyrrole nitrogens is 1. The van der Waals surface area contributed by atoms with Crippen LogP contribution in [0, 0.1) is 6.92 Å². The van der Waals surface area contributed by atoms with Crippen LogP contribution in [0.3, 0.4) is 0 Å². The highest BCUT2D eigenvalue weighted by molar-refractivity contribution is 6.05. The lowest BCUT2D eigenvalue weighted by Gasteiger charge is -2.08. The number of rotatable bonds is 2. The SMILES string of the molecule is Cc1ccc(O)c(NC(=O)c2cc(O)[nH]c(=O)c2)c1. The lowest BCUT2D eigenvalue weighted by Crippen LogP contribution is -2.16. The first-order valence-corrected chi connectivity index (χ1v) is 5.50. The van der Waals surface area contributed by atoms with Crippen molar-refractivity contribution < 1.29 is 15.0 Å². The molecule has 1 heterocycles. The van der Waals surface area contributed by atoms with Gasteiger partial charge in [0.05, 0.1) is 11.3 Å². The van der Waals surface area contributed by atoms with Crippen molar-refractivity contribution in [2.75, 3.05) is 5.32 Å². The molecule has 4 N–H and O–H groups in total. The van der Waals surface area contributed by atoms with E-state index in [9.17, 15) is 19.8 Å². The number of benzene rings is 1. The molecule has 19 heavy (non-hydrogen) atoms. The molecule has 2 rings (SSSR count). The fraction of sp³-hybridized carbons (Fsp3) is 0.0769. The average Bonchev–Trinajstić information content (AvgIpc) is 2.32. The number of nitrogens with one attached hydrogen (secondary N) is 2. The number of aryl methyl sites for hydroxylation is 1. The third-order valence-corrected chi connectivity index (χ3v) is 2.49. The van der Waals surface area contributed by atoms with Crippen molar-refractivity contribution in [1.82, 2.24) is 4.98 Å². The van der Waals surface area contributed by atoms with Crippen LogP contribution >= 0.6 is 0 Å². The van der Waals surface area contributed by atoms with E-state index in [1.165, 1.54) is 6.07 Å². The van der Waals surface area contributed by atoms with Gasteiger partial charge in [-0.2, -0.15) is 0 Å². The van der Waals surface area contributed by atoms with Crippen molar-refractivity contribution >= 4 is 11.6 Å². The van der Waals surface area contributed by atoms with Gasteiger partial charge in [0.1, 0.15) is 5.75 Å². The number of phenols is 1. The fourth-order valence-electron chi connectivity index (χ4n) is 1.60. The summed E-state index contributed by atoms with van der Waals surface area (Å²) in [4.78, 5) is 25.2. The van der Waals surface area contributed by atoms with E-state index < -0.39 is 17.3 Å². The first-order chi connectivity index (χ1) is 8.95. The van der Waals surface area contributed by atoms with Gasteiger partial charge in [-0.25, -0.2) is 0 Å². The lowest BCUT2D eigenvalue weighted by atomic mass is 10.2. The molecule has 0 aliphatic carbocycles. The third kappa shape index (κ3) is 2.92. The smallest absolute Gasteiger partial charge is 0.256 e. The zero-order valence-electron chi connectivity index (χ0n) is 10.1. The largest absolute Gasteiger partial charge is 0.506 e. The van der Waals surface area contributed by atoms with Crippen LogP contribution in [0.5, 0.6) is 11.6 Å². The summed E-state index contributed by atoms with van der Waals surface area (Å²) in [6, 6.07) is 6.94. The molecule has 0 aliphatic heterocycles. The Morgan fingerprint density at radius 1 is 1.21 bits per heavy atom. The van der Waals surface area contributed by atoms with Crippen LogP contribution in [0.1, 0.15) is 15.9 Å². The predicted molar refractivity (Wildman–Crippen MR) is 69.5 cm³/mol. The summed E-state index contributed by atoms with van der Waals surface area (Å²) in [5.74, 6) is -1.07. The molecule has 1 aromatic carbocycles. The molecule has 0 fully saturated rings. The zero-order chi connectivity index (χ0) is 14.0. The lowest BCUT2D eigenvalue weighted by molar-refractivity contribution is 0.102. The summed E-state index contributed by atoms with van der Waals surface area (Å²) < 4.78 is 0. The van der Waals surface area contributed by atoms with E-state index in [2.05, 4.69) is 10.3 Å². The summed E-state index contributed by atoms with van der Waals surface area (Å²) in [5, 5.41) is 21.3. The summed E-state index contributed by atoms with van der Waals surface area (Å²) in [6.45, 7) is 1.81. The Hall–Kier alpha value is -2.76. The Balaban J connectivity index is 2.30. The molecular formula is C13H12N2O4. The molecule has 0 saturated heterocycles. The maximum atomic E-state index is 11.9. The molecular weight excluding hydrogens is 248 g/mol. The van der Waals surface area contributed by atoms with Crippen LogP contribution in [0.25, 0.3) is 0 Å². The molecule has 2 aromatic rings. The van der Waals surface area contributed by atoms with Crippen molar-refractivity contribution in [2.45, 2.75) is 6.92 Å². The maximum absolute atomic E-state index is 11.9. The quantitative estimate of drug-likeness (QED) is 0.612. The molecule has 0 unspecified atom stereocenters. The van der Waals surface area contributed by atoms with Gasteiger partial charge < -0.3 is 15.5 Å². The molecule has 1 aromatic heterocycles. The summed E-state index contributed by atoms with van der Waals surface area (Å²) in [6.07, 6.45) is 0. The standard InChI is InChI=1S/C13H12N2O4/c1-7-2-3-10(16)9(4-7)14-13(19)8-5-11(17)15-12(18)6-8/h2-6,16H,1H3,(H,14,19)(H2,15,17,18). The van der Waals surface area contributed by atoms with E-state index in [0.29, 0.717) is 0 Å². The molecule has 1 amide bonds. The second-order valence-corrected chi connectivity index (χ2v) is 4.09. The Morgan fingerprint density at radius 3 is 2.63 bits per heavy atom. The molecule has 6 nitrogen and oxygen atoms in total. The van der Waals surface area contributed by atoms with Crippen molar-refractivity contribution in [3.05, 3.63) is 51.8 Å². The van der Waals surface area contributed by atoms with Gasteiger partial charge in [0.25, 0.3) is 11.5 Å². The highest BCUT2D eigenvalue weighted by atomic mass is 16.3. The van der Waals surface area contributed by atoms with Crippen molar-refractivity contribution in [3.8, 4) is 11.6 Å². The van der Waals surface area contributed by atoms with Crippen LogP contribution in [0.15, 0.2) is 35.1 Å². The number of pyridine rings is 1. The van der Waals surface area contributed by atoms with Crippen molar-refractivity contribution in [3.63, 3.8) is 0 Å². The summed E-state index contributed by atoms with van der Waals surface area (Å²) >= 11 is 0. The van der Waals surface area contributed by atoms with Crippen molar-refractivity contribution in [1.29, 1.82) is 0 Å². The first-order valence-electron chi connectivity index (χ1n) is 5.50. The minimum absolute atomic E-state index is 0.00200. The number of amides is 1. The average molecular weight is 260 g/mol. The molecule has 0 atom stereocenters. The Kier molecular flexibility index (Phi) is 3.24. The van der Waals surface area contributed by atoms with E-state index >= 15 is 0 Å². The topological polar surface area (TPSA) is 102 Å². The van der Waals surface area contributed by atoms with Crippen LogP contribution in [0.2, 0.25) is 0 Å². The summed E-state index contributed by atoms with van der Waals surface area (Å²) in [7, 11) is 0. The molecule has 6 heteroatoms. The normalized spacial score (nSPS) is 10.2. The van der Waals surface area contributed by atoms with E-state index in [1.54, 1.807) is 12.1 Å². The highest BCUT2D eigenvalue weighted by Gasteiger charge is 2.11. The first kappa shape index (κ1) is 12.7. The number of hydrogen-bond donors (Lipinski definition) is 4. The minimum atomic E-state index is -0.595. The minimum Gasteiger partial charge on any atom is -0.506 e. The monoisotopic (exact) mass is 260 g/mol. The highest BCUT2D eigenvalue weighted by Crippen LogP contribution is 2.24. The second-order valence-electron chi connectivity index (χ2n) is 4.09. The molecule has 0 spiro atoms.